The summed E-state index contributed by atoms with van der Waals surface area (Å²) in [5, 5.41) is 8.85. The molecule has 1 aliphatic rings. The predicted octanol–water partition coefficient (Wildman–Crippen LogP) is 3.10. The number of rotatable bonds is 2. The van der Waals surface area contributed by atoms with Crippen molar-refractivity contribution in [2.24, 2.45) is 5.92 Å². The molecule has 0 bridgehead atoms. The zero-order chi connectivity index (χ0) is 12.3. The molecule has 0 aliphatic heterocycles. The van der Waals surface area contributed by atoms with Crippen LogP contribution in [0.5, 0.6) is 5.75 Å². The van der Waals surface area contributed by atoms with Crippen LogP contribution >= 0.6 is 0 Å². The number of nitrogen functional groups attached to an aromatic ring is 1. The number of ether oxygens (including phenoxy) is 1. The van der Waals surface area contributed by atoms with Crippen molar-refractivity contribution < 1.29 is 4.74 Å². The molecule has 0 aromatic heterocycles. The zero-order valence-corrected chi connectivity index (χ0v) is 10.1. The Hall–Kier alpha value is -1.69. The lowest BCUT2D eigenvalue weighted by molar-refractivity contribution is 0.130. The predicted molar refractivity (Wildman–Crippen MR) is 67.6 cm³/mol. The largest absolute Gasteiger partial charge is 0.488 e. The summed E-state index contributed by atoms with van der Waals surface area (Å²) in [7, 11) is 0. The first-order valence-electron chi connectivity index (χ1n) is 6.15. The lowest BCUT2D eigenvalue weighted by Gasteiger charge is -2.27. The van der Waals surface area contributed by atoms with Crippen molar-refractivity contribution in [2.75, 3.05) is 5.73 Å². The van der Waals surface area contributed by atoms with E-state index in [1.165, 1.54) is 12.8 Å². The van der Waals surface area contributed by atoms with Crippen LogP contribution in [0.4, 0.5) is 5.69 Å². The number of nitriles is 1. The smallest absolute Gasteiger partial charge is 0.143 e. The second-order valence-corrected chi connectivity index (χ2v) is 4.88. The van der Waals surface area contributed by atoms with E-state index in [4.69, 9.17) is 15.7 Å². The molecular weight excluding hydrogens is 212 g/mol. The fourth-order valence-corrected chi connectivity index (χ4v) is 2.37. The summed E-state index contributed by atoms with van der Waals surface area (Å²) in [5.41, 5.74) is 7.07. The molecule has 1 aromatic rings. The highest BCUT2D eigenvalue weighted by Gasteiger charge is 2.20. The lowest BCUT2D eigenvalue weighted by Crippen LogP contribution is -2.24. The monoisotopic (exact) mass is 230 g/mol. The van der Waals surface area contributed by atoms with E-state index >= 15 is 0 Å². The van der Waals surface area contributed by atoms with Crippen molar-refractivity contribution in [1.29, 1.82) is 5.26 Å². The summed E-state index contributed by atoms with van der Waals surface area (Å²) in [6, 6.07) is 7.29. The Morgan fingerprint density at radius 2 is 2.24 bits per heavy atom. The third kappa shape index (κ3) is 2.91. The van der Waals surface area contributed by atoms with Crippen LogP contribution in [0.3, 0.4) is 0 Å². The van der Waals surface area contributed by atoms with E-state index in [0.29, 0.717) is 22.9 Å². The molecule has 0 amide bonds. The highest BCUT2D eigenvalue weighted by atomic mass is 16.5. The Labute approximate surface area is 102 Å². The van der Waals surface area contributed by atoms with Crippen LogP contribution in [0, 0.1) is 17.2 Å². The first-order chi connectivity index (χ1) is 8.19. The Bertz CT molecular complexity index is 436. The summed E-state index contributed by atoms with van der Waals surface area (Å²) in [6.45, 7) is 2.25. The zero-order valence-electron chi connectivity index (χ0n) is 10.1. The number of benzene rings is 1. The molecule has 2 rings (SSSR count). The molecule has 1 aromatic carbocycles. The van der Waals surface area contributed by atoms with Crippen LogP contribution in [0.25, 0.3) is 0 Å². The van der Waals surface area contributed by atoms with E-state index in [-0.39, 0.29) is 6.10 Å². The maximum atomic E-state index is 8.85. The van der Waals surface area contributed by atoms with Gasteiger partial charge in [0.2, 0.25) is 0 Å². The number of nitrogens with two attached hydrogens (primary N) is 1. The summed E-state index contributed by atoms with van der Waals surface area (Å²) in [6.07, 6.45) is 4.91. The molecule has 1 aliphatic carbocycles. The van der Waals surface area contributed by atoms with Crippen molar-refractivity contribution in [3.8, 4) is 11.8 Å². The summed E-state index contributed by atoms with van der Waals surface area (Å²) < 4.78 is 5.92. The molecule has 3 nitrogen and oxygen atoms in total. The highest BCUT2D eigenvalue weighted by molar-refractivity contribution is 5.56. The molecule has 1 saturated carbocycles. The number of hydrogen-bond acceptors (Lipinski definition) is 3. The standard InChI is InChI=1S/C14H18N2O/c1-10-3-2-4-12(7-10)17-14-8-11(9-15)5-6-13(14)16/h5-6,8,10,12H,2-4,7,16H2,1H3. The van der Waals surface area contributed by atoms with E-state index in [9.17, 15) is 0 Å². The van der Waals surface area contributed by atoms with Gasteiger partial charge in [0, 0.05) is 6.07 Å². The van der Waals surface area contributed by atoms with Crippen molar-refractivity contribution >= 4 is 5.69 Å². The highest BCUT2D eigenvalue weighted by Crippen LogP contribution is 2.30. The topological polar surface area (TPSA) is 59.0 Å². The van der Waals surface area contributed by atoms with Crippen molar-refractivity contribution in [2.45, 2.75) is 38.7 Å². The molecule has 2 atom stereocenters. The van der Waals surface area contributed by atoms with Crippen LogP contribution in [0.1, 0.15) is 38.2 Å². The lowest BCUT2D eigenvalue weighted by atomic mass is 9.89. The second kappa shape index (κ2) is 5.09. The van der Waals surface area contributed by atoms with Crippen molar-refractivity contribution in [1.82, 2.24) is 0 Å². The molecule has 0 spiro atoms. The first-order valence-corrected chi connectivity index (χ1v) is 6.15. The minimum absolute atomic E-state index is 0.245. The number of hydrogen-bond donors (Lipinski definition) is 1. The van der Waals surface area contributed by atoms with Gasteiger partial charge in [-0.05, 0) is 37.3 Å². The average molecular weight is 230 g/mol. The normalized spacial score (nSPS) is 24.0. The molecule has 17 heavy (non-hydrogen) atoms. The third-order valence-corrected chi connectivity index (χ3v) is 3.32. The molecule has 0 saturated heterocycles. The minimum atomic E-state index is 0.245. The van der Waals surface area contributed by atoms with E-state index in [0.717, 1.165) is 12.8 Å². The quantitative estimate of drug-likeness (QED) is 0.794. The van der Waals surface area contributed by atoms with Gasteiger partial charge in [0.25, 0.3) is 0 Å². The third-order valence-electron chi connectivity index (χ3n) is 3.32. The first kappa shape index (κ1) is 11.8. The van der Waals surface area contributed by atoms with Gasteiger partial charge in [-0.15, -0.1) is 0 Å². The molecule has 2 N–H and O–H groups in total. The molecular formula is C14H18N2O. The van der Waals surface area contributed by atoms with Gasteiger partial charge in [-0.2, -0.15) is 5.26 Å². The molecule has 90 valence electrons. The van der Waals surface area contributed by atoms with Crippen LogP contribution in [0.15, 0.2) is 18.2 Å². The number of anilines is 1. The van der Waals surface area contributed by atoms with E-state index in [2.05, 4.69) is 13.0 Å². The van der Waals surface area contributed by atoms with E-state index in [1.807, 2.05) is 0 Å². The van der Waals surface area contributed by atoms with Crippen molar-refractivity contribution in [3.05, 3.63) is 23.8 Å². The van der Waals surface area contributed by atoms with Gasteiger partial charge >= 0.3 is 0 Å². The Morgan fingerprint density at radius 3 is 2.94 bits per heavy atom. The van der Waals surface area contributed by atoms with Gasteiger partial charge in [-0.1, -0.05) is 13.3 Å². The molecule has 0 radical (unpaired) electrons. The SMILES string of the molecule is CC1CCCC(Oc2cc(C#N)ccc2N)C1. The Balaban J connectivity index is 2.10. The summed E-state index contributed by atoms with van der Waals surface area (Å²) in [4.78, 5) is 0. The van der Waals surface area contributed by atoms with Crippen LogP contribution < -0.4 is 10.5 Å². The maximum absolute atomic E-state index is 8.85. The summed E-state index contributed by atoms with van der Waals surface area (Å²) in [5.74, 6) is 1.37. The second-order valence-electron chi connectivity index (χ2n) is 4.88. The van der Waals surface area contributed by atoms with Gasteiger partial charge in [0.05, 0.1) is 23.4 Å². The summed E-state index contributed by atoms with van der Waals surface area (Å²) >= 11 is 0. The van der Waals surface area contributed by atoms with Gasteiger partial charge in [0.1, 0.15) is 5.75 Å². The average Bonchev–Trinajstić information content (AvgIpc) is 2.32. The minimum Gasteiger partial charge on any atom is -0.488 e. The van der Waals surface area contributed by atoms with Gasteiger partial charge in [-0.25, -0.2) is 0 Å². The van der Waals surface area contributed by atoms with Crippen molar-refractivity contribution in [3.63, 3.8) is 0 Å². The van der Waals surface area contributed by atoms with Gasteiger partial charge in [-0.3, -0.25) is 0 Å². The van der Waals surface area contributed by atoms with E-state index < -0.39 is 0 Å². The number of nitrogens with zero attached hydrogens (tertiary/aromatic N) is 1. The van der Waals surface area contributed by atoms with Crippen LogP contribution in [0.2, 0.25) is 0 Å². The molecule has 3 heteroatoms. The molecule has 2 unspecified atom stereocenters. The van der Waals surface area contributed by atoms with Crippen LogP contribution in [-0.4, -0.2) is 6.10 Å². The van der Waals surface area contributed by atoms with Gasteiger partial charge < -0.3 is 10.5 Å². The van der Waals surface area contributed by atoms with Crippen LogP contribution in [-0.2, 0) is 0 Å². The Morgan fingerprint density at radius 1 is 1.41 bits per heavy atom. The molecule has 1 fully saturated rings. The fraction of sp³-hybridized carbons (Fsp3) is 0.500. The Kier molecular flexibility index (Phi) is 3.53. The maximum Gasteiger partial charge on any atom is 0.143 e. The fourth-order valence-electron chi connectivity index (χ4n) is 2.37. The van der Waals surface area contributed by atoms with Gasteiger partial charge in [0.15, 0.2) is 0 Å². The molecule has 0 heterocycles. The van der Waals surface area contributed by atoms with E-state index in [1.54, 1.807) is 18.2 Å².